The summed E-state index contributed by atoms with van der Waals surface area (Å²) in [7, 11) is -1.11. The standard InChI is InChI=1S/C13H28Si/c1-8-12(3)14(6,7)11-10-13(4,5)9-2/h10-12H,8-9H2,1-7H3. The van der Waals surface area contributed by atoms with Gasteiger partial charge >= 0.3 is 0 Å². The van der Waals surface area contributed by atoms with Crippen molar-refractivity contribution in [3.8, 4) is 0 Å². The fourth-order valence-corrected chi connectivity index (χ4v) is 3.51. The number of allylic oxidation sites excluding steroid dienone is 1. The zero-order valence-corrected chi connectivity index (χ0v) is 12.1. The van der Waals surface area contributed by atoms with Gasteiger partial charge in [0.1, 0.15) is 0 Å². The molecule has 0 bridgehead atoms. The van der Waals surface area contributed by atoms with Crippen LogP contribution in [0, 0.1) is 5.41 Å². The Morgan fingerprint density at radius 1 is 1.21 bits per heavy atom. The van der Waals surface area contributed by atoms with Crippen molar-refractivity contribution in [3.05, 3.63) is 11.8 Å². The summed E-state index contributed by atoms with van der Waals surface area (Å²) in [5.41, 5.74) is 3.83. The van der Waals surface area contributed by atoms with E-state index in [1.54, 1.807) is 0 Å². The first-order chi connectivity index (χ1) is 6.25. The van der Waals surface area contributed by atoms with Gasteiger partial charge in [-0.05, 0) is 17.4 Å². The molecule has 0 fully saturated rings. The molecular weight excluding hydrogens is 184 g/mol. The van der Waals surface area contributed by atoms with Crippen LogP contribution in [0.25, 0.3) is 0 Å². The quantitative estimate of drug-likeness (QED) is 0.561. The SMILES string of the molecule is CCC(C)[Si](C)(C)C=CC(C)(C)CC. The predicted octanol–water partition coefficient (Wildman–Crippen LogP) is 5.03. The molecule has 0 aliphatic rings. The van der Waals surface area contributed by atoms with Crippen LogP contribution in [-0.4, -0.2) is 8.07 Å². The Balaban J connectivity index is 4.49. The third kappa shape index (κ3) is 4.45. The first-order valence-corrected chi connectivity index (χ1v) is 9.11. The molecule has 0 saturated heterocycles. The number of hydrogen-bond acceptors (Lipinski definition) is 0. The highest BCUT2D eigenvalue weighted by Crippen LogP contribution is 2.29. The van der Waals surface area contributed by atoms with E-state index in [1.165, 1.54) is 12.8 Å². The van der Waals surface area contributed by atoms with Crippen molar-refractivity contribution in [2.45, 2.75) is 66.1 Å². The van der Waals surface area contributed by atoms with E-state index in [4.69, 9.17) is 0 Å². The summed E-state index contributed by atoms with van der Waals surface area (Å²) < 4.78 is 0. The van der Waals surface area contributed by atoms with Gasteiger partial charge in [-0.1, -0.05) is 65.9 Å². The van der Waals surface area contributed by atoms with Crippen LogP contribution in [0.5, 0.6) is 0 Å². The zero-order valence-electron chi connectivity index (χ0n) is 11.1. The van der Waals surface area contributed by atoms with Crippen molar-refractivity contribution < 1.29 is 0 Å². The normalized spacial score (nSPS) is 16.2. The zero-order chi connectivity index (χ0) is 11.4. The molecule has 0 radical (unpaired) electrons. The van der Waals surface area contributed by atoms with Crippen LogP contribution < -0.4 is 0 Å². The van der Waals surface area contributed by atoms with E-state index in [-0.39, 0.29) is 0 Å². The van der Waals surface area contributed by atoms with E-state index in [0.717, 1.165) is 5.54 Å². The van der Waals surface area contributed by atoms with Gasteiger partial charge in [0, 0.05) is 0 Å². The van der Waals surface area contributed by atoms with Gasteiger partial charge in [-0.3, -0.25) is 0 Å². The second-order valence-corrected chi connectivity index (χ2v) is 10.8. The fraction of sp³-hybridized carbons (Fsp3) is 0.846. The molecule has 1 heteroatoms. The van der Waals surface area contributed by atoms with Gasteiger partial charge < -0.3 is 0 Å². The molecule has 0 heterocycles. The molecule has 0 amide bonds. The molecule has 0 aliphatic carbocycles. The second-order valence-electron chi connectivity index (χ2n) is 5.81. The highest BCUT2D eigenvalue weighted by atomic mass is 28.3. The number of hydrogen-bond donors (Lipinski definition) is 0. The van der Waals surface area contributed by atoms with Gasteiger partial charge in [0.05, 0.1) is 8.07 Å². The van der Waals surface area contributed by atoms with Gasteiger partial charge in [0.2, 0.25) is 0 Å². The maximum absolute atomic E-state index is 2.55. The maximum atomic E-state index is 2.55. The average Bonchev–Trinajstić information content (AvgIpc) is 2.14. The Morgan fingerprint density at radius 3 is 2.07 bits per heavy atom. The van der Waals surface area contributed by atoms with Crippen molar-refractivity contribution in [3.63, 3.8) is 0 Å². The van der Waals surface area contributed by atoms with Crippen LogP contribution in [0.1, 0.15) is 47.5 Å². The molecule has 0 rings (SSSR count). The molecule has 0 aromatic heterocycles. The molecule has 0 aliphatic heterocycles. The van der Waals surface area contributed by atoms with E-state index in [0.29, 0.717) is 5.41 Å². The summed E-state index contributed by atoms with van der Waals surface area (Å²) in [5, 5.41) is 0. The molecular formula is C13H28Si. The van der Waals surface area contributed by atoms with Crippen molar-refractivity contribution >= 4 is 8.07 Å². The lowest BCUT2D eigenvalue weighted by atomic mass is 9.91. The molecule has 0 nitrogen and oxygen atoms in total. The lowest BCUT2D eigenvalue weighted by Gasteiger charge is -2.27. The van der Waals surface area contributed by atoms with Crippen LogP contribution >= 0.6 is 0 Å². The molecule has 0 spiro atoms. The summed E-state index contributed by atoms with van der Waals surface area (Å²) in [4.78, 5) is 0. The average molecular weight is 212 g/mol. The van der Waals surface area contributed by atoms with Crippen molar-refractivity contribution in [1.82, 2.24) is 0 Å². The monoisotopic (exact) mass is 212 g/mol. The summed E-state index contributed by atoms with van der Waals surface area (Å²) in [6.07, 6.45) is 5.00. The Morgan fingerprint density at radius 2 is 1.71 bits per heavy atom. The first kappa shape index (κ1) is 14.0. The molecule has 0 saturated carbocycles. The lowest BCUT2D eigenvalue weighted by Crippen LogP contribution is -2.29. The maximum Gasteiger partial charge on any atom is 0.0741 e. The van der Waals surface area contributed by atoms with Crippen LogP contribution in [0.15, 0.2) is 11.8 Å². The number of rotatable bonds is 5. The summed E-state index contributed by atoms with van der Waals surface area (Å²) in [6, 6.07) is 0. The second kappa shape index (κ2) is 5.15. The molecule has 1 unspecified atom stereocenters. The van der Waals surface area contributed by atoms with E-state index in [1.807, 2.05) is 0 Å². The van der Waals surface area contributed by atoms with Crippen molar-refractivity contribution in [1.29, 1.82) is 0 Å². The van der Waals surface area contributed by atoms with E-state index in [2.05, 4.69) is 59.5 Å². The molecule has 14 heavy (non-hydrogen) atoms. The summed E-state index contributed by atoms with van der Waals surface area (Å²) >= 11 is 0. The molecule has 0 N–H and O–H groups in total. The van der Waals surface area contributed by atoms with Gasteiger partial charge in [-0.25, -0.2) is 0 Å². The van der Waals surface area contributed by atoms with E-state index < -0.39 is 8.07 Å². The first-order valence-electron chi connectivity index (χ1n) is 5.95. The minimum Gasteiger partial charge on any atom is -0.0979 e. The van der Waals surface area contributed by atoms with E-state index >= 15 is 0 Å². The van der Waals surface area contributed by atoms with Gasteiger partial charge in [-0.2, -0.15) is 0 Å². The highest BCUT2D eigenvalue weighted by Gasteiger charge is 2.24. The van der Waals surface area contributed by atoms with Gasteiger partial charge in [0.25, 0.3) is 0 Å². The minimum absolute atomic E-state index is 0.387. The van der Waals surface area contributed by atoms with Gasteiger partial charge in [0.15, 0.2) is 0 Å². The Hall–Kier alpha value is -0.0431. The van der Waals surface area contributed by atoms with Crippen molar-refractivity contribution in [2.24, 2.45) is 5.41 Å². The summed E-state index contributed by atoms with van der Waals surface area (Å²) in [6.45, 7) is 16.6. The summed E-state index contributed by atoms with van der Waals surface area (Å²) in [5.74, 6) is 0. The smallest absolute Gasteiger partial charge is 0.0741 e. The third-order valence-corrected chi connectivity index (χ3v) is 7.73. The van der Waals surface area contributed by atoms with Crippen LogP contribution in [0.2, 0.25) is 18.6 Å². The molecule has 1 atom stereocenters. The Kier molecular flexibility index (Phi) is 5.14. The van der Waals surface area contributed by atoms with Gasteiger partial charge in [-0.15, -0.1) is 0 Å². The van der Waals surface area contributed by atoms with Crippen LogP contribution in [-0.2, 0) is 0 Å². The van der Waals surface area contributed by atoms with Crippen molar-refractivity contribution in [2.75, 3.05) is 0 Å². The highest BCUT2D eigenvalue weighted by molar-refractivity contribution is 6.83. The third-order valence-electron chi connectivity index (χ3n) is 3.76. The topological polar surface area (TPSA) is 0 Å². The Bertz CT molecular complexity index is 189. The van der Waals surface area contributed by atoms with Crippen LogP contribution in [0.3, 0.4) is 0 Å². The van der Waals surface area contributed by atoms with E-state index in [9.17, 15) is 0 Å². The fourth-order valence-electron chi connectivity index (χ4n) is 1.25. The molecule has 0 aromatic carbocycles. The molecule has 84 valence electrons. The minimum atomic E-state index is -1.11. The van der Waals surface area contributed by atoms with Crippen LogP contribution in [0.4, 0.5) is 0 Å². The largest absolute Gasteiger partial charge is 0.0979 e. The predicted molar refractivity (Wildman–Crippen MR) is 70.4 cm³/mol. The molecule has 0 aromatic rings. The Labute approximate surface area is 91.8 Å². The lowest BCUT2D eigenvalue weighted by molar-refractivity contribution is 0.462.